The second-order valence-corrected chi connectivity index (χ2v) is 6.57. The average molecular weight is 360 g/mol. The molecule has 1 N–H and O–H groups in total. The largest absolute Gasteiger partial charge is 0.484 e. The monoisotopic (exact) mass is 360 g/mol. The van der Waals surface area contributed by atoms with E-state index in [1.165, 1.54) is 10.9 Å². The average Bonchev–Trinajstić information content (AvgIpc) is 2.72. The van der Waals surface area contributed by atoms with E-state index in [9.17, 15) is 4.79 Å². The van der Waals surface area contributed by atoms with Crippen LogP contribution in [0.3, 0.4) is 0 Å². The lowest BCUT2D eigenvalue weighted by atomic mass is 9.99. The van der Waals surface area contributed by atoms with Gasteiger partial charge in [-0.05, 0) is 52.4 Å². The first kappa shape index (κ1) is 18.6. The van der Waals surface area contributed by atoms with Crippen molar-refractivity contribution in [3.05, 3.63) is 77.9 Å². The third-order valence-corrected chi connectivity index (χ3v) is 4.61. The van der Waals surface area contributed by atoms with E-state index in [0.29, 0.717) is 11.7 Å². The summed E-state index contributed by atoms with van der Waals surface area (Å²) >= 11 is 0. The highest BCUT2D eigenvalue weighted by Crippen LogP contribution is 2.21. The first-order chi connectivity index (χ1) is 13.2. The molecule has 1 atom stereocenters. The Hall–Kier alpha value is -3.14. The minimum absolute atomic E-state index is 0.0717. The molecule has 138 valence electrons. The van der Waals surface area contributed by atoms with E-state index in [1.807, 2.05) is 60.7 Å². The number of fused-ring (bicyclic) bond motifs is 1. The summed E-state index contributed by atoms with van der Waals surface area (Å²) in [5, 5.41) is 6.31. The topological polar surface area (TPSA) is 50.7 Å². The molecule has 4 nitrogen and oxygen atoms in total. The lowest BCUT2D eigenvalue weighted by Crippen LogP contribution is -2.24. The molecule has 0 saturated carbocycles. The highest BCUT2D eigenvalue weighted by molar-refractivity contribution is 5.90. The first-order valence-electron chi connectivity index (χ1n) is 9.19. The molecule has 0 aliphatic heterocycles. The fraction of sp³-hybridized carbons (Fsp3) is 0.217. The van der Waals surface area contributed by atoms with Crippen LogP contribution in [0.2, 0.25) is 0 Å². The Morgan fingerprint density at radius 2 is 1.81 bits per heavy atom. The summed E-state index contributed by atoms with van der Waals surface area (Å²) in [6.07, 6.45) is 2.73. The Bertz CT molecular complexity index is 933. The normalized spacial score (nSPS) is 12.2. The molecule has 3 aromatic rings. The number of hydrazone groups is 1. The van der Waals surface area contributed by atoms with Gasteiger partial charge in [0.05, 0.1) is 6.21 Å². The van der Waals surface area contributed by atoms with Gasteiger partial charge >= 0.3 is 0 Å². The molecule has 0 heterocycles. The van der Waals surface area contributed by atoms with Crippen molar-refractivity contribution in [2.24, 2.45) is 5.10 Å². The van der Waals surface area contributed by atoms with Crippen LogP contribution in [-0.2, 0) is 4.79 Å². The van der Waals surface area contributed by atoms with Gasteiger partial charge in [0.25, 0.3) is 5.91 Å². The SMILES string of the molecule is CCC(C)c1ccc(OCC(=O)N/N=C/c2ccc3ccccc3c2)cc1. The van der Waals surface area contributed by atoms with Crippen LogP contribution in [0, 0.1) is 0 Å². The van der Waals surface area contributed by atoms with E-state index < -0.39 is 0 Å². The van der Waals surface area contributed by atoms with Crippen molar-refractivity contribution >= 4 is 22.9 Å². The summed E-state index contributed by atoms with van der Waals surface area (Å²) in [5.41, 5.74) is 4.69. The summed E-state index contributed by atoms with van der Waals surface area (Å²) in [6.45, 7) is 4.28. The van der Waals surface area contributed by atoms with Crippen molar-refractivity contribution in [2.45, 2.75) is 26.2 Å². The van der Waals surface area contributed by atoms with Crippen LogP contribution >= 0.6 is 0 Å². The van der Waals surface area contributed by atoms with Crippen LogP contribution < -0.4 is 10.2 Å². The molecule has 1 unspecified atom stereocenters. The van der Waals surface area contributed by atoms with Crippen LogP contribution in [0.25, 0.3) is 10.8 Å². The molecule has 3 rings (SSSR count). The van der Waals surface area contributed by atoms with Gasteiger partial charge in [0.1, 0.15) is 5.75 Å². The zero-order valence-electron chi connectivity index (χ0n) is 15.7. The molecule has 0 bridgehead atoms. The zero-order valence-corrected chi connectivity index (χ0v) is 15.7. The third kappa shape index (κ3) is 5.17. The minimum Gasteiger partial charge on any atom is -0.484 e. The molecule has 0 aliphatic carbocycles. The molecule has 4 heteroatoms. The second-order valence-electron chi connectivity index (χ2n) is 6.57. The molecule has 0 saturated heterocycles. The van der Waals surface area contributed by atoms with Gasteiger partial charge < -0.3 is 4.74 Å². The van der Waals surface area contributed by atoms with E-state index in [2.05, 4.69) is 30.4 Å². The number of hydrogen-bond acceptors (Lipinski definition) is 3. The van der Waals surface area contributed by atoms with Gasteiger partial charge in [-0.3, -0.25) is 4.79 Å². The quantitative estimate of drug-likeness (QED) is 0.482. The van der Waals surface area contributed by atoms with Gasteiger partial charge in [-0.2, -0.15) is 5.10 Å². The summed E-state index contributed by atoms with van der Waals surface area (Å²) in [6, 6.07) is 22.0. The maximum atomic E-state index is 11.9. The van der Waals surface area contributed by atoms with Crippen LogP contribution in [0.1, 0.15) is 37.3 Å². The van der Waals surface area contributed by atoms with Crippen LogP contribution in [-0.4, -0.2) is 18.7 Å². The number of rotatable bonds is 7. The van der Waals surface area contributed by atoms with Gasteiger partial charge in [0, 0.05) is 0 Å². The number of ether oxygens (including phenoxy) is 1. The van der Waals surface area contributed by atoms with Crippen molar-refractivity contribution < 1.29 is 9.53 Å². The third-order valence-electron chi connectivity index (χ3n) is 4.61. The predicted octanol–water partition coefficient (Wildman–Crippen LogP) is 4.88. The van der Waals surface area contributed by atoms with E-state index in [1.54, 1.807) is 6.21 Å². The van der Waals surface area contributed by atoms with E-state index in [-0.39, 0.29) is 12.5 Å². The Labute approximate surface area is 159 Å². The summed E-state index contributed by atoms with van der Waals surface area (Å²) < 4.78 is 5.51. The summed E-state index contributed by atoms with van der Waals surface area (Å²) in [4.78, 5) is 11.9. The van der Waals surface area contributed by atoms with E-state index in [4.69, 9.17) is 4.74 Å². The molecule has 0 fully saturated rings. The van der Waals surface area contributed by atoms with Crippen LogP contribution in [0.5, 0.6) is 5.75 Å². The number of amides is 1. The molecular formula is C23H24N2O2. The summed E-state index contributed by atoms with van der Waals surface area (Å²) in [7, 11) is 0. The molecule has 3 aromatic carbocycles. The van der Waals surface area contributed by atoms with E-state index in [0.717, 1.165) is 17.4 Å². The zero-order chi connectivity index (χ0) is 19.1. The summed E-state index contributed by atoms with van der Waals surface area (Å²) in [5.74, 6) is 0.903. The van der Waals surface area contributed by atoms with Crippen molar-refractivity contribution in [1.82, 2.24) is 5.43 Å². The van der Waals surface area contributed by atoms with Crippen molar-refractivity contribution in [1.29, 1.82) is 0 Å². The minimum atomic E-state index is -0.293. The highest BCUT2D eigenvalue weighted by atomic mass is 16.5. The number of benzene rings is 3. The fourth-order valence-electron chi connectivity index (χ4n) is 2.78. The van der Waals surface area contributed by atoms with Gasteiger partial charge in [0.15, 0.2) is 6.61 Å². The van der Waals surface area contributed by atoms with Gasteiger partial charge in [0.2, 0.25) is 0 Å². The lowest BCUT2D eigenvalue weighted by Gasteiger charge is -2.10. The second kappa shape index (κ2) is 8.99. The molecule has 0 aliphatic rings. The molecule has 0 radical (unpaired) electrons. The van der Waals surface area contributed by atoms with Gasteiger partial charge in [-0.15, -0.1) is 0 Å². The fourth-order valence-corrected chi connectivity index (χ4v) is 2.78. The van der Waals surface area contributed by atoms with Crippen molar-refractivity contribution in [3.63, 3.8) is 0 Å². The van der Waals surface area contributed by atoms with Crippen LogP contribution in [0.15, 0.2) is 71.8 Å². The Balaban J connectivity index is 1.49. The maximum absolute atomic E-state index is 11.9. The van der Waals surface area contributed by atoms with Gasteiger partial charge in [-0.25, -0.2) is 5.43 Å². The number of nitrogens with zero attached hydrogens (tertiary/aromatic N) is 1. The number of carbonyl (C=O) groups excluding carboxylic acids is 1. The Morgan fingerprint density at radius 3 is 2.56 bits per heavy atom. The van der Waals surface area contributed by atoms with Crippen LogP contribution in [0.4, 0.5) is 0 Å². The van der Waals surface area contributed by atoms with Gasteiger partial charge in [-0.1, -0.05) is 62.4 Å². The van der Waals surface area contributed by atoms with E-state index >= 15 is 0 Å². The number of hydrogen-bond donors (Lipinski definition) is 1. The molecule has 27 heavy (non-hydrogen) atoms. The number of nitrogens with one attached hydrogen (secondary N) is 1. The number of carbonyl (C=O) groups is 1. The molecular weight excluding hydrogens is 336 g/mol. The predicted molar refractivity (Wildman–Crippen MR) is 110 cm³/mol. The Kier molecular flexibility index (Phi) is 6.21. The molecule has 0 spiro atoms. The van der Waals surface area contributed by atoms with Crippen molar-refractivity contribution in [3.8, 4) is 5.75 Å². The first-order valence-corrected chi connectivity index (χ1v) is 9.19. The highest BCUT2D eigenvalue weighted by Gasteiger charge is 2.04. The maximum Gasteiger partial charge on any atom is 0.277 e. The molecule has 1 amide bonds. The molecule has 0 aromatic heterocycles. The lowest BCUT2D eigenvalue weighted by molar-refractivity contribution is -0.123. The smallest absolute Gasteiger partial charge is 0.277 e. The van der Waals surface area contributed by atoms with Crippen molar-refractivity contribution in [2.75, 3.05) is 6.61 Å². The standard InChI is InChI=1S/C23H24N2O2/c1-3-17(2)19-10-12-22(13-11-19)27-16-23(26)25-24-15-18-8-9-20-6-4-5-7-21(20)14-18/h4-15,17H,3,16H2,1-2H3,(H,25,26)/b24-15+. The Morgan fingerprint density at radius 1 is 1.07 bits per heavy atom.